The minimum absolute atomic E-state index is 0.877. The van der Waals surface area contributed by atoms with Gasteiger partial charge < -0.3 is 0 Å². The molecule has 0 spiro atoms. The standard InChI is InChI=1S/C4H10N.C2H5.O.Ti/c1-3-5-4-2;1-2;;/h3-4H2,1-2H3;1H2,2H3;;/q-1;;;+1. The van der Waals surface area contributed by atoms with Gasteiger partial charge in [0.15, 0.2) is 0 Å². The Kier molecular flexibility index (Phi) is 5.55. The summed E-state index contributed by atoms with van der Waals surface area (Å²) >= 11 is -1.96. The zero-order valence-electron chi connectivity index (χ0n) is 6.48. The summed E-state index contributed by atoms with van der Waals surface area (Å²) in [4.78, 5) is 0. The summed E-state index contributed by atoms with van der Waals surface area (Å²) in [6.07, 6.45) is 0. The van der Waals surface area contributed by atoms with Crippen LogP contribution in [0.2, 0.25) is 4.73 Å². The fourth-order valence-corrected chi connectivity index (χ4v) is 2.60. The Labute approximate surface area is 63.7 Å². The van der Waals surface area contributed by atoms with Crippen LogP contribution in [-0.2, 0) is 21.4 Å². The quantitative estimate of drug-likeness (QED) is 0.590. The maximum absolute atomic E-state index is 11.2. The van der Waals surface area contributed by atoms with Gasteiger partial charge in [0.1, 0.15) is 0 Å². The number of hydrogen-bond donors (Lipinski definition) is 0. The van der Waals surface area contributed by atoms with E-state index in [0.717, 1.165) is 17.8 Å². The molecule has 0 heterocycles. The second-order valence-electron chi connectivity index (χ2n) is 1.92. The molecule has 3 heteroatoms. The molecule has 0 aromatic rings. The van der Waals surface area contributed by atoms with Crippen molar-refractivity contribution in [3.8, 4) is 0 Å². The van der Waals surface area contributed by atoms with Crippen molar-refractivity contribution in [2.75, 3.05) is 13.1 Å². The third kappa shape index (κ3) is 3.24. The van der Waals surface area contributed by atoms with Crippen molar-refractivity contribution in [3.63, 3.8) is 0 Å². The number of nitrogens with zero attached hydrogens (tertiary/aromatic N) is 1. The number of hydrogen-bond acceptors (Lipinski definition) is 1. The molecule has 0 amide bonds. The molecule has 0 aliphatic heterocycles. The molecule has 0 aliphatic rings. The Bertz CT molecular complexity index is 91.1. The normalized spacial score (nSPS) is 10.2. The second-order valence-corrected chi connectivity index (χ2v) is 5.24. The van der Waals surface area contributed by atoms with Crippen LogP contribution in [0.25, 0.3) is 0 Å². The monoisotopic (exact) mass is 165 g/mol. The Hall–Kier alpha value is 0.474. The van der Waals surface area contributed by atoms with Crippen molar-refractivity contribution in [1.29, 1.82) is 0 Å². The molecule has 2 nitrogen and oxygen atoms in total. The summed E-state index contributed by atoms with van der Waals surface area (Å²) in [5.41, 5.74) is 0. The maximum atomic E-state index is 11.2. The molecule has 0 N–H and O–H groups in total. The van der Waals surface area contributed by atoms with Crippen molar-refractivity contribution < 1.29 is 21.4 Å². The van der Waals surface area contributed by atoms with E-state index >= 15 is 0 Å². The van der Waals surface area contributed by atoms with Crippen molar-refractivity contribution in [2.45, 2.75) is 25.5 Å². The molecule has 0 aromatic carbocycles. The molecule has 0 fully saturated rings. The predicted octanol–water partition coefficient (Wildman–Crippen LogP) is 1.65. The fourth-order valence-electron chi connectivity index (χ4n) is 0.800. The van der Waals surface area contributed by atoms with Gasteiger partial charge in [-0.15, -0.1) is 0 Å². The van der Waals surface area contributed by atoms with E-state index in [1.807, 2.05) is 6.92 Å². The van der Waals surface area contributed by atoms with Gasteiger partial charge in [0.25, 0.3) is 0 Å². The molecule has 0 bridgehead atoms. The first kappa shape index (κ1) is 9.47. The molecule has 0 saturated carbocycles. The molecule has 0 aromatic heterocycles. The second kappa shape index (κ2) is 5.27. The van der Waals surface area contributed by atoms with E-state index in [9.17, 15) is 3.32 Å². The van der Waals surface area contributed by atoms with Gasteiger partial charge >= 0.3 is 63.4 Å². The zero-order valence-corrected chi connectivity index (χ0v) is 8.04. The van der Waals surface area contributed by atoms with E-state index in [-0.39, 0.29) is 0 Å². The molecule has 0 saturated heterocycles. The van der Waals surface area contributed by atoms with Gasteiger partial charge in [-0.2, -0.15) is 0 Å². The average Bonchev–Trinajstić information content (AvgIpc) is 1.90. The van der Waals surface area contributed by atoms with Crippen LogP contribution < -0.4 is 0 Å². The van der Waals surface area contributed by atoms with Crippen LogP contribution in [0.4, 0.5) is 0 Å². The summed E-state index contributed by atoms with van der Waals surface area (Å²) < 4.78 is 14.1. The van der Waals surface area contributed by atoms with E-state index in [0.29, 0.717) is 0 Å². The van der Waals surface area contributed by atoms with E-state index in [2.05, 4.69) is 17.2 Å². The molecule has 0 atom stereocenters. The van der Waals surface area contributed by atoms with Crippen LogP contribution in [0.5, 0.6) is 0 Å². The van der Waals surface area contributed by atoms with Crippen molar-refractivity contribution >= 4 is 0 Å². The van der Waals surface area contributed by atoms with E-state index in [1.54, 1.807) is 0 Å². The van der Waals surface area contributed by atoms with Crippen LogP contribution in [0.1, 0.15) is 20.8 Å². The molecular formula is C6H15NOTi. The van der Waals surface area contributed by atoms with Crippen LogP contribution in [-0.4, -0.2) is 16.5 Å². The summed E-state index contributed by atoms with van der Waals surface area (Å²) in [6.45, 7) is 8.02. The van der Waals surface area contributed by atoms with Gasteiger partial charge in [0.05, 0.1) is 0 Å². The topological polar surface area (TPSA) is 20.3 Å². The Morgan fingerprint density at radius 3 is 1.78 bits per heavy atom. The molecule has 0 radical (unpaired) electrons. The first-order valence-corrected chi connectivity index (χ1v) is 5.98. The van der Waals surface area contributed by atoms with Crippen molar-refractivity contribution in [2.24, 2.45) is 0 Å². The number of rotatable bonds is 4. The van der Waals surface area contributed by atoms with Gasteiger partial charge in [0.2, 0.25) is 0 Å². The first-order valence-electron chi connectivity index (χ1n) is 3.54. The summed E-state index contributed by atoms with van der Waals surface area (Å²) in [7, 11) is 0. The van der Waals surface area contributed by atoms with E-state index < -0.39 is 18.1 Å². The molecule has 9 heavy (non-hydrogen) atoms. The summed E-state index contributed by atoms with van der Waals surface area (Å²) in [5.74, 6) is 0. The van der Waals surface area contributed by atoms with Gasteiger partial charge in [-0.25, -0.2) is 0 Å². The molecular weight excluding hydrogens is 150 g/mol. The van der Waals surface area contributed by atoms with Gasteiger partial charge in [-0.3, -0.25) is 0 Å². The zero-order chi connectivity index (χ0) is 7.28. The van der Waals surface area contributed by atoms with Crippen LogP contribution in [0.3, 0.4) is 0 Å². The fraction of sp³-hybridized carbons (Fsp3) is 1.00. The van der Waals surface area contributed by atoms with Gasteiger partial charge in [-0.05, 0) is 0 Å². The van der Waals surface area contributed by atoms with Crippen LogP contribution >= 0.6 is 0 Å². The van der Waals surface area contributed by atoms with Crippen molar-refractivity contribution in [3.05, 3.63) is 0 Å². The Morgan fingerprint density at radius 2 is 1.67 bits per heavy atom. The van der Waals surface area contributed by atoms with Crippen LogP contribution in [0.15, 0.2) is 0 Å². The Morgan fingerprint density at radius 1 is 1.22 bits per heavy atom. The SMILES string of the molecule is CC[N](CC)[Ti](=[O])[CH2]C. The third-order valence-corrected chi connectivity index (χ3v) is 4.45. The molecule has 0 unspecified atom stereocenters. The molecule has 0 rings (SSSR count). The molecule has 0 aliphatic carbocycles. The average molecular weight is 165 g/mol. The first-order chi connectivity index (χ1) is 4.26. The van der Waals surface area contributed by atoms with Crippen LogP contribution in [0, 0.1) is 0 Å². The van der Waals surface area contributed by atoms with E-state index in [4.69, 9.17) is 0 Å². The van der Waals surface area contributed by atoms with Crippen molar-refractivity contribution in [1.82, 2.24) is 3.38 Å². The van der Waals surface area contributed by atoms with E-state index in [1.165, 1.54) is 0 Å². The minimum atomic E-state index is -1.96. The Balaban J connectivity index is 3.64. The van der Waals surface area contributed by atoms with Gasteiger partial charge in [0, 0.05) is 0 Å². The molecule has 54 valence electrons. The predicted molar refractivity (Wildman–Crippen MR) is 34.1 cm³/mol. The summed E-state index contributed by atoms with van der Waals surface area (Å²) in [6, 6.07) is 0. The van der Waals surface area contributed by atoms with Gasteiger partial charge in [-0.1, -0.05) is 0 Å². The summed E-state index contributed by atoms with van der Waals surface area (Å²) in [5, 5.41) is 0. The third-order valence-electron chi connectivity index (χ3n) is 1.42.